The number of fused-ring (bicyclic) bond motifs is 1. The summed E-state index contributed by atoms with van der Waals surface area (Å²) < 4.78 is 0. The first-order valence-corrected chi connectivity index (χ1v) is 6.86. The van der Waals surface area contributed by atoms with E-state index in [1.54, 1.807) is 12.1 Å². The normalized spacial score (nSPS) is 24.0. The van der Waals surface area contributed by atoms with E-state index in [1.807, 2.05) is 4.90 Å². The van der Waals surface area contributed by atoms with Gasteiger partial charge in [0.2, 0.25) is 0 Å². The Morgan fingerprint density at radius 1 is 1.21 bits per heavy atom. The summed E-state index contributed by atoms with van der Waals surface area (Å²) in [5, 5.41) is 7.62. The molecule has 1 unspecified atom stereocenters. The molecule has 2 fully saturated rings. The Labute approximate surface area is 112 Å². The van der Waals surface area contributed by atoms with Crippen molar-refractivity contribution in [1.29, 1.82) is 0 Å². The van der Waals surface area contributed by atoms with Crippen molar-refractivity contribution in [3.05, 3.63) is 17.8 Å². The van der Waals surface area contributed by atoms with Crippen molar-refractivity contribution in [1.82, 2.24) is 20.0 Å². The third-order valence-corrected chi connectivity index (χ3v) is 4.03. The summed E-state index contributed by atoms with van der Waals surface area (Å²) in [5.41, 5.74) is 5.87. The molecule has 0 aromatic carbocycles. The maximum absolute atomic E-state index is 12.3. The van der Waals surface area contributed by atoms with E-state index in [0.29, 0.717) is 17.6 Å². The molecule has 2 saturated heterocycles. The van der Waals surface area contributed by atoms with Gasteiger partial charge in [-0.25, -0.2) is 0 Å². The molecule has 0 saturated carbocycles. The summed E-state index contributed by atoms with van der Waals surface area (Å²) in [6.07, 6.45) is 3.75. The standard InChI is InChI=1S/C13H19N5O/c14-12-5-4-11(15-16-12)13(19)18-8-7-17-6-2-1-3-10(17)9-18/h4-5,10H,1-3,6-9H2,(H2,14,16). The van der Waals surface area contributed by atoms with Crippen LogP contribution in [0.4, 0.5) is 5.82 Å². The Hall–Kier alpha value is -1.69. The molecule has 19 heavy (non-hydrogen) atoms. The predicted molar refractivity (Wildman–Crippen MR) is 71.6 cm³/mol. The fourth-order valence-corrected chi connectivity index (χ4v) is 2.96. The lowest BCUT2D eigenvalue weighted by atomic mass is 9.99. The number of hydrogen-bond donors (Lipinski definition) is 1. The maximum Gasteiger partial charge on any atom is 0.274 e. The van der Waals surface area contributed by atoms with E-state index in [1.165, 1.54) is 25.8 Å². The van der Waals surface area contributed by atoms with E-state index >= 15 is 0 Å². The Kier molecular flexibility index (Phi) is 3.33. The zero-order chi connectivity index (χ0) is 13.2. The minimum atomic E-state index is -0.0299. The van der Waals surface area contributed by atoms with E-state index in [0.717, 1.165) is 19.6 Å². The van der Waals surface area contributed by atoms with E-state index in [-0.39, 0.29) is 5.91 Å². The van der Waals surface area contributed by atoms with Crippen molar-refractivity contribution in [2.75, 3.05) is 31.9 Å². The van der Waals surface area contributed by atoms with Crippen LogP contribution in [0.5, 0.6) is 0 Å². The second kappa shape index (κ2) is 5.13. The molecule has 0 bridgehead atoms. The summed E-state index contributed by atoms with van der Waals surface area (Å²) in [4.78, 5) is 16.7. The van der Waals surface area contributed by atoms with E-state index in [4.69, 9.17) is 5.73 Å². The molecule has 1 aromatic heterocycles. The number of carbonyl (C=O) groups is 1. The molecule has 1 amide bonds. The molecule has 2 N–H and O–H groups in total. The van der Waals surface area contributed by atoms with Gasteiger partial charge >= 0.3 is 0 Å². The Morgan fingerprint density at radius 3 is 2.89 bits per heavy atom. The molecule has 0 aliphatic carbocycles. The lowest BCUT2D eigenvalue weighted by Crippen LogP contribution is -2.56. The number of nitrogen functional groups attached to an aromatic ring is 1. The first kappa shape index (κ1) is 12.3. The SMILES string of the molecule is Nc1ccc(C(=O)N2CCN3CCCCC3C2)nn1. The molecule has 2 aliphatic heterocycles. The smallest absolute Gasteiger partial charge is 0.274 e. The number of anilines is 1. The molecule has 1 aromatic rings. The highest BCUT2D eigenvalue weighted by Crippen LogP contribution is 2.21. The van der Waals surface area contributed by atoms with Crippen LogP contribution >= 0.6 is 0 Å². The minimum absolute atomic E-state index is 0.0299. The molecular formula is C13H19N5O. The van der Waals surface area contributed by atoms with Gasteiger partial charge in [-0.3, -0.25) is 9.69 Å². The van der Waals surface area contributed by atoms with Crippen LogP contribution < -0.4 is 5.73 Å². The highest BCUT2D eigenvalue weighted by molar-refractivity contribution is 5.92. The molecule has 0 radical (unpaired) electrons. The average Bonchev–Trinajstić information content (AvgIpc) is 2.47. The molecule has 6 heteroatoms. The second-order valence-corrected chi connectivity index (χ2v) is 5.28. The Morgan fingerprint density at radius 2 is 2.11 bits per heavy atom. The zero-order valence-electron chi connectivity index (χ0n) is 11.0. The number of hydrogen-bond acceptors (Lipinski definition) is 5. The van der Waals surface area contributed by atoms with Crippen LogP contribution in [-0.2, 0) is 0 Å². The minimum Gasteiger partial charge on any atom is -0.382 e. The number of rotatable bonds is 1. The maximum atomic E-state index is 12.3. The van der Waals surface area contributed by atoms with E-state index < -0.39 is 0 Å². The van der Waals surface area contributed by atoms with Gasteiger partial charge in [-0.2, -0.15) is 0 Å². The lowest BCUT2D eigenvalue weighted by molar-refractivity contribution is 0.0367. The van der Waals surface area contributed by atoms with Gasteiger partial charge in [0.15, 0.2) is 5.69 Å². The summed E-state index contributed by atoms with van der Waals surface area (Å²) in [6, 6.07) is 3.79. The van der Waals surface area contributed by atoms with Crippen molar-refractivity contribution in [3.63, 3.8) is 0 Å². The van der Waals surface area contributed by atoms with Gasteiger partial charge in [-0.15, -0.1) is 10.2 Å². The first-order valence-electron chi connectivity index (χ1n) is 6.86. The quantitative estimate of drug-likeness (QED) is 0.790. The zero-order valence-corrected chi connectivity index (χ0v) is 11.0. The fourth-order valence-electron chi connectivity index (χ4n) is 2.96. The Bertz CT molecular complexity index is 461. The van der Waals surface area contributed by atoms with Crippen molar-refractivity contribution in [2.24, 2.45) is 0 Å². The van der Waals surface area contributed by atoms with Crippen LogP contribution in [0.1, 0.15) is 29.8 Å². The average molecular weight is 261 g/mol. The monoisotopic (exact) mass is 261 g/mol. The van der Waals surface area contributed by atoms with Gasteiger partial charge < -0.3 is 10.6 Å². The number of aromatic nitrogens is 2. The number of carbonyl (C=O) groups excluding carboxylic acids is 1. The summed E-state index contributed by atoms with van der Waals surface area (Å²) in [7, 11) is 0. The van der Waals surface area contributed by atoms with E-state index in [9.17, 15) is 4.79 Å². The van der Waals surface area contributed by atoms with Crippen LogP contribution in [0.25, 0.3) is 0 Å². The van der Waals surface area contributed by atoms with E-state index in [2.05, 4.69) is 15.1 Å². The number of nitrogens with zero attached hydrogens (tertiary/aromatic N) is 4. The second-order valence-electron chi connectivity index (χ2n) is 5.28. The molecule has 2 aliphatic rings. The summed E-state index contributed by atoms with van der Waals surface area (Å²) >= 11 is 0. The molecule has 0 spiro atoms. The number of amides is 1. The van der Waals surface area contributed by atoms with Gasteiger partial charge in [-0.05, 0) is 31.5 Å². The molecule has 1 atom stereocenters. The van der Waals surface area contributed by atoms with Crippen molar-refractivity contribution < 1.29 is 4.79 Å². The van der Waals surface area contributed by atoms with Crippen molar-refractivity contribution >= 4 is 11.7 Å². The summed E-state index contributed by atoms with van der Waals surface area (Å²) in [5.74, 6) is 0.311. The largest absolute Gasteiger partial charge is 0.382 e. The van der Waals surface area contributed by atoms with Crippen LogP contribution in [0, 0.1) is 0 Å². The number of nitrogens with two attached hydrogens (primary N) is 1. The van der Waals surface area contributed by atoms with Crippen LogP contribution in [0.3, 0.4) is 0 Å². The van der Waals surface area contributed by atoms with Crippen LogP contribution in [0.2, 0.25) is 0 Å². The molecule has 3 rings (SSSR count). The molecule has 3 heterocycles. The first-order chi connectivity index (χ1) is 9.24. The molecular weight excluding hydrogens is 242 g/mol. The highest BCUT2D eigenvalue weighted by Gasteiger charge is 2.31. The van der Waals surface area contributed by atoms with Crippen LogP contribution in [0.15, 0.2) is 12.1 Å². The highest BCUT2D eigenvalue weighted by atomic mass is 16.2. The van der Waals surface area contributed by atoms with Crippen molar-refractivity contribution in [2.45, 2.75) is 25.3 Å². The fraction of sp³-hybridized carbons (Fsp3) is 0.615. The molecule has 6 nitrogen and oxygen atoms in total. The number of piperazine rings is 1. The van der Waals surface area contributed by atoms with Gasteiger partial charge in [0.05, 0.1) is 0 Å². The van der Waals surface area contributed by atoms with Gasteiger partial charge in [0.1, 0.15) is 5.82 Å². The topological polar surface area (TPSA) is 75.4 Å². The molecule has 102 valence electrons. The number of piperidine rings is 1. The summed E-state index contributed by atoms with van der Waals surface area (Å²) in [6.45, 7) is 3.74. The lowest BCUT2D eigenvalue weighted by Gasteiger charge is -2.43. The van der Waals surface area contributed by atoms with Gasteiger partial charge in [0.25, 0.3) is 5.91 Å². The van der Waals surface area contributed by atoms with Gasteiger partial charge in [-0.1, -0.05) is 6.42 Å². The van der Waals surface area contributed by atoms with Gasteiger partial charge in [0, 0.05) is 25.7 Å². The Balaban J connectivity index is 1.69. The third-order valence-electron chi connectivity index (χ3n) is 4.03. The predicted octanol–water partition coefficient (Wildman–Crippen LogP) is 0.369. The third kappa shape index (κ3) is 2.53. The van der Waals surface area contributed by atoms with Crippen molar-refractivity contribution in [3.8, 4) is 0 Å². The van der Waals surface area contributed by atoms with Crippen LogP contribution in [-0.4, -0.2) is 58.1 Å².